The van der Waals surface area contributed by atoms with Crippen LogP contribution < -0.4 is 5.73 Å². The molecule has 0 aliphatic carbocycles. The monoisotopic (exact) mass is 578 g/mol. The number of carbonyl (C=O) groups excluding carboxylic acids is 1. The molecule has 1 heterocycles. The van der Waals surface area contributed by atoms with Crippen molar-refractivity contribution in [2.24, 2.45) is 16.0 Å². The molecule has 0 saturated heterocycles. The van der Waals surface area contributed by atoms with Crippen molar-refractivity contribution < 1.29 is 45.9 Å². The van der Waals surface area contributed by atoms with Gasteiger partial charge >= 0.3 is 0 Å². The highest BCUT2D eigenvalue weighted by Crippen LogP contribution is 2.37. The van der Waals surface area contributed by atoms with Crippen molar-refractivity contribution in [1.29, 1.82) is 0 Å². The molecular formula is C20H14N6O11S2. The number of non-ortho nitro benzene ring substituents is 1. The zero-order valence-corrected chi connectivity index (χ0v) is 20.5. The molecular weight excluding hydrogens is 564 g/mol. The Kier molecular flexibility index (Phi) is 6.52. The number of benzene rings is 3. The number of fused-ring (bicyclic) bond motifs is 1. The van der Waals surface area contributed by atoms with Crippen LogP contribution in [0, 0.1) is 10.1 Å². The smallest absolute Gasteiger partial charge is 0.297 e. The van der Waals surface area contributed by atoms with E-state index in [-0.39, 0.29) is 16.5 Å². The summed E-state index contributed by atoms with van der Waals surface area (Å²) in [6.45, 7) is 0. The highest BCUT2D eigenvalue weighted by atomic mass is 32.2. The minimum absolute atomic E-state index is 0.00945. The lowest BCUT2D eigenvalue weighted by molar-refractivity contribution is -0.385. The number of hydrogen-bond acceptors (Lipinski definition) is 12. The number of nitrogens with two attached hydrogens (primary N) is 1. The first-order valence-corrected chi connectivity index (χ1v) is 13.0. The summed E-state index contributed by atoms with van der Waals surface area (Å²) in [5.74, 6) is -2.54. The van der Waals surface area contributed by atoms with Gasteiger partial charge in [0.15, 0.2) is 11.4 Å². The Bertz CT molecular complexity index is 1950. The summed E-state index contributed by atoms with van der Waals surface area (Å²) >= 11 is 0. The van der Waals surface area contributed by atoms with E-state index >= 15 is 0 Å². The first kappa shape index (κ1) is 27.1. The van der Waals surface area contributed by atoms with Gasteiger partial charge in [-0.15, -0.1) is 10.2 Å². The van der Waals surface area contributed by atoms with Crippen LogP contribution in [-0.2, 0) is 20.2 Å². The van der Waals surface area contributed by atoms with Crippen molar-refractivity contribution in [3.63, 3.8) is 0 Å². The lowest BCUT2D eigenvalue weighted by Crippen LogP contribution is -2.12. The van der Waals surface area contributed by atoms with E-state index in [9.17, 15) is 51.1 Å². The standard InChI is InChI=1S/C20H14N6O11S2/c21-19(28)17-18(23-22-14-4-2-11(26(30)31)7-16(14)39(35,36)37)20(29)25(24-17)10-1-3-13-9(5-10)6-12(8-15(13)27)38(32,33)34/h1-8,27,29H,(H2,21,28)(H,32,33,34)(H,35,36,37)/b23-22+. The number of aromatic nitrogens is 2. The van der Waals surface area contributed by atoms with E-state index in [1.165, 1.54) is 18.2 Å². The van der Waals surface area contributed by atoms with Crippen LogP contribution >= 0.6 is 0 Å². The molecule has 0 radical (unpaired) electrons. The van der Waals surface area contributed by atoms with E-state index in [2.05, 4.69) is 15.3 Å². The van der Waals surface area contributed by atoms with Crippen LogP contribution in [0.1, 0.15) is 10.5 Å². The van der Waals surface area contributed by atoms with Crippen molar-refractivity contribution in [1.82, 2.24) is 9.78 Å². The minimum Gasteiger partial charge on any atom is -0.507 e. The summed E-state index contributed by atoms with van der Waals surface area (Å²) in [4.78, 5) is 20.4. The molecule has 6 N–H and O–H groups in total. The first-order chi connectivity index (χ1) is 18.1. The van der Waals surface area contributed by atoms with Crippen LogP contribution in [0.4, 0.5) is 17.1 Å². The van der Waals surface area contributed by atoms with E-state index < -0.39 is 75.2 Å². The quantitative estimate of drug-likeness (QED) is 0.0914. The second-order valence-corrected chi connectivity index (χ2v) is 10.5. The maximum absolute atomic E-state index is 12.0. The van der Waals surface area contributed by atoms with E-state index in [4.69, 9.17) is 5.73 Å². The average Bonchev–Trinajstić information content (AvgIpc) is 3.17. The molecule has 1 aromatic heterocycles. The molecule has 0 unspecified atom stereocenters. The second-order valence-electron chi connectivity index (χ2n) is 7.70. The van der Waals surface area contributed by atoms with E-state index in [0.717, 1.165) is 28.9 Å². The van der Waals surface area contributed by atoms with Gasteiger partial charge in [-0.3, -0.25) is 24.0 Å². The van der Waals surface area contributed by atoms with Crippen molar-refractivity contribution in [2.45, 2.75) is 9.79 Å². The Balaban J connectivity index is 1.87. The number of nitro groups is 1. The van der Waals surface area contributed by atoms with E-state index in [1.54, 1.807) is 0 Å². The molecule has 0 atom stereocenters. The SMILES string of the molecule is NC(=O)c1nn(-c2ccc3c(O)cc(S(=O)(=O)O)cc3c2)c(O)c1/N=N/c1ccc([N+](=O)[O-])cc1S(=O)(=O)O. The lowest BCUT2D eigenvalue weighted by Gasteiger charge is -2.08. The summed E-state index contributed by atoms with van der Waals surface area (Å²) in [5.41, 5.74) is 2.71. The van der Waals surface area contributed by atoms with E-state index in [1.807, 2.05) is 0 Å². The number of amides is 1. The number of nitrogens with zero attached hydrogens (tertiary/aromatic N) is 5. The van der Waals surface area contributed by atoms with Crippen LogP contribution in [0.3, 0.4) is 0 Å². The maximum Gasteiger partial charge on any atom is 0.297 e. The molecule has 4 rings (SSSR count). The van der Waals surface area contributed by atoms with Gasteiger partial charge in [0.2, 0.25) is 5.88 Å². The number of hydrogen-bond donors (Lipinski definition) is 5. The first-order valence-electron chi connectivity index (χ1n) is 10.1. The van der Waals surface area contributed by atoms with Crippen LogP contribution in [0.2, 0.25) is 0 Å². The number of carbonyl (C=O) groups is 1. The highest BCUT2D eigenvalue weighted by Gasteiger charge is 2.25. The Morgan fingerprint density at radius 3 is 2.26 bits per heavy atom. The van der Waals surface area contributed by atoms with Gasteiger partial charge in [0.05, 0.1) is 15.5 Å². The minimum atomic E-state index is -5.02. The number of rotatable bonds is 7. The van der Waals surface area contributed by atoms with Gasteiger partial charge < -0.3 is 15.9 Å². The summed E-state index contributed by atoms with van der Waals surface area (Å²) in [5, 5.41) is 43.1. The lowest BCUT2D eigenvalue weighted by atomic mass is 10.1. The summed E-state index contributed by atoms with van der Waals surface area (Å²) in [6, 6.07) is 7.93. The van der Waals surface area contributed by atoms with Gasteiger partial charge in [-0.25, -0.2) is 0 Å². The molecule has 0 fully saturated rings. The van der Waals surface area contributed by atoms with Gasteiger partial charge in [0, 0.05) is 23.6 Å². The summed E-state index contributed by atoms with van der Waals surface area (Å²) < 4.78 is 65.9. The van der Waals surface area contributed by atoms with Gasteiger partial charge in [0.25, 0.3) is 31.8 Å². The van der Waals surface area contributed by atoms with Crippen molar-refractivity contribution >= 4 is 54.0 Å². The van der Waals surface area contributed by atoms with Crippen LogP contribution in [0.15, 0.2) is 68.6 Å². The van der Waals surface area contributed by atoms with Crippen molar-refractivity contribution in [2.75, 3.05) is 0 Å². The Morgan fingerprint density at radius 2 is 1.67 bits per heavy atom. The number of nitro benzene ring substituents is 1. The number of primary amides is 1. The fourth-order valence-electron chi connectivity index (χ4n) is 3.44. The largest absolute Gasteiger partial charge is 0.507 e. The highest BCUT2D eigenvalue weighted by molar-refractivity contribution is 7.86. The Hall–Kier alpha value is -4.98. The number of phenols is 1. The molecule has 0 aliphatic heterocycles. The molecule has 19 heteroatoms. The van der Waals surface area contributed by atoms with Crippen LogP contribution in [-0.4, -0.2) is 56.8 Å². The number of azo groups is 1. The second kappa shape index (κ2) is 9.40. The van der Waals surface area contributed by atoms with Gasteiger partial charge in [-0.2, -0.15) is 26.6 Å². The Labute approximate surface area is 217 Å². The molecule has 1 amide bonds. The topological polar surface area (TPSA) is 278 Å². The molecule has 0 spiro atoms. The van der Waals surface area contributed by atoms with Crippen molar-refractivity contribution in [3.05, 3.63) is 64.3 Å². The Morgan fingerprint density at radius 1 is 0.974 bits per heavy atom. The van der Waals surface area contributed by atoms with Crippen LogP contribution in [0.5, 0.6) is 11.6 Å². The molecule has 202 valence electrons. The zero-order valence-electron chi connectivity index (χ0n) is 18.9. The van der Waals surface area contributed by atoms with Crippen molar-refractivity contribution in [3.8, 4) is 17.3 Å². The zero-order chi connectivity index (χ0) is 28.9. The predicted molar refractivity (Wildman–Crippen MR) is 130 cm³/mol. The van der Waals surface area contributed by atoms with Gasteiger partial charge in [0.1, 0.15) is 16.3 Å². The number of phenolic OH excluding ortho intramolecular Hbond substituents is 1. The van der Waals surface area contributed by atoms with Gasteiger partial charge in [-0.1, -0.05) is 0 Å². The fraction of sp³-hybridized carbons (Fsp3) is 0. The van der Waals surface area contributed by atoms with Gasteiger partial charge in [-0.05, 0) is 35.7 Å². The summed E-state index contributed by atoms with van der Waals surface area (Å²) in [7, 11) is -9.71. The normalized spacial score (nSPS) is 12.3. The molecule has 39 heavy (non-hydrogen) atoms. The molecule has 0 aliphatic rings. The fourth-order valence-corrected chi connectivity index (χ4v) is 4.62. The summed E-state index contributed by atoms with van der Waals surface area (Å²) in [6.07, 6.45) is 0. The molecule has 3 aromatic carbocycles. The maximum atomic E-state index is 12.0. The van der Waals surface area contributed by atoms with Crippen LogP contribution in [0.25, 0.3) is 16.5 Å². The molecule has 0 bridgehead atoms. The predicted octanol–water partition coefficient (Wildman–Crippen LogP) is 2.35. The third kappa shape index (κ3) is 5.22. The molecule has 17 nitrogen and oxygen atoms in total. The molecule has 4 aromatic rings. The third-order valence-corrected chi connectivity index (χ3v) is 6.90. The third-order valence-electron chi connectivity index (χ3n) is 5.19. The molecule has 0 saturated carbocycles. The van der Waals surface area contributed by atoms with E-state index in [0.29, 0.717) is 6.07 Å². The number of aromatic hydroxyl groups is 2. The average molecular weight is 578 g/mol.